The second kappa shape index (κ2) is 8.08. The van der Waals surface area contributed by atoms with Crippen LogP contribution in [0.15, 0.2) is 5.16 Å². The van der Waals surface area contributed by atoms with Gasteiger partial charge in [0.05, 0.1) is 6.54 Å². The van der Waals surface area contributed by atoms with Crippen molar-refractivity contribution in [3.8, 4) is 0 Å². The van der Waals surface area contributed by atoms with Gasteiger partial charge < -0.3 is 5.11 Å². The fourth-order valence-electron chi connectivity index (χ4n) is 1.01. The summed E-state index contributed by atoms with van der Waals surface area (Å²) in [6.07, 6.45) is 1.03. The van der Waals surface area contributed by atoms with E-state index in [-0.39, 0.29) is 12.5 Å². The van der Waals surface area contributed by atoms with Gasteiger partial charge in [-0.1, -0.05) is 18.7 Å². The van der Waals surface area contributed by atoms with Crippen LogP contribution in [0.4, 0.5) is 5.13 Å². The molecule has 0 unspecified atom stereocenters. The maximum absolute atomic E-state index is 11.5. The van der Waals surface area contributed by atoms with Gasteiger partial charge in [-0.15, -0.1) is 0 Å². The molecule has 0 radical (unpaired) electrons. The molecule has 0 saturated heterocycles. The fourth-order valence-corrected chi connectivity index (χ4v) is 2.42. The van der Waals surface area contributed by atoms with Crippen LogP contribution in [0.2, 0.25) is 0 Å². The van der Waals surface area contributed by atoms with E-state index in [1.54, 1.807) is 0 Å². The first kappa shape index (κ1) is 15.9. The molecule has 0 bridgehead atoms. The Hall–Kier alpha value is -1.19. The van der Waals surface area contributed by atoms with E-state index in [4.69, 9.17) is 5.11 Å². The van der Waals surface area contributed by atoms with E-state index in [0.29, 0.717) is 10.3 Å². The van der Waals surface area contributed by atoms with Gasteiger partial charge in [-0.25, -0.2) is 0 Å². The Morgan fingerprint density at radius 2 is 2.26 bits per heavy atom. The lowest BCUT2D eigenvalue weighted by Gasteiger charge is -2.07. The number of carbonyl (C=O) groups excluding carboxylic acids is 1. The number of nitrogens with zero attached hydrogens (tertiary/aromatic N) is 2. The average Bonchev–Trinajstić information content (AvgIpc) is 2.80. The van der Waals surface area contributed by atoms with Gasteiger partial charge in [-0.3, -0.25) is 20.2 Å². The van der Waals surface area contributed by atoms with Crippen molar-refractivity contribution in [1.29, 1.82) is 0 Å². The van der Waals surface area contributed by atoms with E-state index in [2.05, 4.69) is 26.9 Å². The lowest BCUT2D eigenvalue weighted by molar-refractivity contribution is -0.139. The second-order valence-corrected chi connectivity index (χ2v) is 5.53. The Kier molecular flexibility index (Phi) is 6.74. The predicted molar refractivity (Wildman–Crippen MR) is 74.7 cm³/mol. The first-order valence-corrected chi connectivity index (χ1v) is 7.51. The molecule has 1 heterocycles. The third kappa shape index (κ3) is 5.99. The summed E-state index contributed by atoms with van der Waals surface area (Å²) < 4.78 is 4.09. The summed E-state index contributed by atoms with van der Waals surface area (Å²) in [4.78, 5) is 26.2. The van der Waals surface area contributed by atoms with Gasteiger partial charge in [0.25, 0.3) is 0 Å². The van der Waals surface area contributed by atoms with Gasteiger partial charge in [-0.2, -0.15) is 9.36 Å². The number of hydrogen-bond donors (Lipinski definition) is 3. The molecule has 0 fully saturated rings. The van der Waals surface area contributed by atoms with Crippen molar-refractivity contribution in [2.75, 3.05) is 17.6 Å². The second-order valence-electron chi connectivity index (χ2n) is 3.72. The van der Waals surface area contributed by atoms with Crippen molar-refractivity contribution in [2.24, 2.45) is 0 Å². The van der Waals surface area contributed by atoms with Crippen LogP contribution in [0.25, 0.3) is 0 Å². The molecule has 3 N–H and O–H groups in total. The normalized spacial score (nSPS) is 12.1. The zero-order chi connectivity index (χ0) is 14.3. The number of anilines is 1. The molecule has 0 aliphatic carbocycles. The van der Waals surface area contributed by atoms with Crippen LogP contribution in [-0.4, -0.2) is 44.7 Å². The Balaban J connectivity index is 2.35. The number of rotatable bonds is 8. The highest BCUT2D eigenvalue weighted by molar-refractivity contribution is 7.99. The monoisotopic (exact) mass is 304 g/mol. The molecule has 0 aliphatic heterocycles. The lowest BCUT2D eigenvalue weighted by atomic mass is 10.3. The van der Waals surface area contributed by atoms with Crippen LogP contribution in [0.5, 0.6) is 0 Å². The molecule has 7 nitrogen and oxygen atoms in total. The van der Waals surface area contributed by atoms with Crippen molar-refractivity contribution in [1.82, 2.24) is 14.7 Å². The van der Waals surface area contributed by atoms with E-state index in [9.17, 15) is 9.59 Å². The van der Waals surface area contributed by atoms with Gasteiger partial charge in [0.1, 0.15) is 6.04 Å². The largest absolute Gasteiger partial charge is 0.480 e. The third-order valence-corrected chi connectivity index (χ3v) is 3.83. The highest BCUT2D eigenvalue weighted by atomic mass is 32.2. The summed E-state index contributed by atoms with van der Waals surface area (Å²) in [5.74, 6) is -0.403. The van der Waals surface area contributed by atoms with Crippen LogP contribution in [-0.2, 0) is 9.59 Å². The zero-order valence-corrected chi connectivity index (χ0v) is 12.3. The van der Waals surface area contributed by atoms with Crippen molar-refractivity contribution in [2.45, 2.75) is 31.5 Å². The van der Waals surface area contributed by atoms with E-state index in [1.165, 1.54) is 18.7 Å². The summed E-state index contributed by atoms with van der Waals surface area (Å²) in [6.45, 7) is 3.46. The fraction of sp³-hybridized carbons (Fsp3) is 0.600. The van der Waals surface area contributed by atoms with E-state index >= 15 is 0 Å². The Morgan fingerprint density at radius 1 is 1.53 bits per heavy atom. The molecule has 19 heavy (non-hydrogen) atoms. The summed E-state index contributed by atoms with van der Waals surface area (Å²) in [7, 11) is 0. The van der Waals surface area contributed by atoms with E-state index in [1.807, 2.05) is 0 Å². The highest BCUT2D eigenvalue weighted by Gasteiger charge is 2.13. The minimum Gasteiger partial charge on any atom is -0.480 e. The highest BCUT2D eigenvalue weighted by Crippen LogP contribution is 2.20. The quantitative estimate of drug-likeness (QED) is 0.616. The number of amides is 1. The van der Waals surface area contributed by atoms with Crippen LogP contribution in [0, 0.1) is 0 Å². The van der Waals surface area contributed by atoms with Crippen molar-refractivity contribution in [3.63, 3.8) is 0 Å². The topological polar surface area (TPSA) is 104 Å². The molecule has 1 atom stereocenters. The number of nitrogens with one attached hydrogen (secondary N) is 2. The predicted octanol–water partition coefficient (Wildman–Crippen LogP) is 1.04. The van der Waals surface area contributed by atoms with Crippen LogP contribution in [0.3, 0.4) is 0 Å². The molecular formula is C10H16N4O3S2. The molecule has 1 aromatic rings. The summed E-state index contributed by atoms with van der Waals surface area (Å²) in [5.41, 5.74) is 0. The van der Waals surface area contributed by atoms with Crippen molar-refractivity contribution < 1.29 is 14.7 Å². The number of carbonyl (C=O) groups is 2. The first-order chi connectivity index (χ1) is 9.02. The van der Waals surface area contributed by atoms with Crippen LogP contribution in [0.1, 0.15) is 20.3 Å². The Morgan fingerprint density at radius 3 is 2.89 bits per heavy atom. The van der Waals surface area contributed by atoms with E-state index in [0.717, 1.165) is 23.7 Å². The minimum atomic E-state index is -0.998. The number of carboxylic acid groups (broad SMARTS) is 1. The van der Waals surface area contributed by atoms with Crippen molar-refractivity contribution >= 4 is 40.3 Å². The minimum absolute atomic E-state index is 0.0789. The molecule has 1 aromatic heterocycles. The number of aliphatic carboxylic acids is 1. The maximum atomic E-state index is 11.5. The molecular weight excluding hydrogens is 288 g/mol. The third-order valence-electron chi connectivity index (χ3n) is 2.03. The smallest absolute Gasteiger partial charge is 0.320 e. The standard InChI is InChI=1S/C10H16N4O3S2/c1-3-4-18-10-13-9(19-14-10)12-7(15)5-11-6(2)8(16)17/h6,11H,3-5H2,1-2H3,(H,16,17)(H,12,13,14,15)/t6-/m1/s1. The number of carboxylic acids is 1. The molecule has 1 rings (SSSR count). The molecule has 0 aliphatic rings. The number of aromatic nitrogens is 2. The maximum Gasteiger partial charge on any atom is 0.320 e. The number of hydrogen-bond acceptors (Lipinski definition) is 7. The van der Waals surface area contributed by atoms with Gasteiger partial charge in [0.15, 0.2) is 0 Å². The van der Waals surface area contributed by atoms with Gasteiger partial charge in [0, 0.05) is 17.3 Å². The molecule has 0 saturated carbocycles. The van der Waals surface area contributed by atoms with Crippen LogP contribution < -0.4 is 10.6 Å². The summed E-state index contributed by atoms with van der Waals surface area (Å²) in [6, 6.07) is -0.768. The Labute approximate surface area is 119 Å². The first-order valence-electron chi connectivity index (χ1n) is 5.75. The molecule has 1 amide bonds. The van der Waals surface area contributed by atoms with Gasteiger partial charge in [0.2, 0.25) is 16.2 Å². The molecule has 0 aromatic carbocycles. The van der Waals surface area contributed by atoms with Gasteiger partial charge in [-0.05, 0) is 13.3 Å². The summed E-state index contributed by atoms with van der Waals surface area (Å²) in [5, 5.41) is 14.9. The zero-order valence-electron chi connectivity index (χ0n) is 10.7. The molecule has 106 valence electrons. The SMILES string of the molecule is CCCSc1nsc(NC(=O)CN[C@H](C)C(=O)O)n1. The van der Waals surface area contributed by atoms with Crippen LogP contribution >= 0.6 is 23.3 Å². The van der Waals surface area contributed by atoms with Crippen molar-refractivity contribution in [3.05, 3.63) is 0 Å². The van der Waals surface area contributed by atoms with E-state index < -0.39 is 12.0 Å². The lowest BCUT2D eigenvalue weighted by Crippen LogP contribution is -2.39. The summed E-state index contributed by atoms with van der Waals surface area (Å²) >= 11 is 2.64. The average molecular weight is 304 g/mol. The number of thioether (sulfide) groups is 1. The molecule has 0 spiro atoms. The Bertz CT molecular complexity index is 438. The van der Waals surface area contributed by atoms with Gasteiger partial charge >= 0.3 is 5.97 Å². The molecule has 9 heteroatoms.